The molecule has 1 N–H and O–H groups in total. The topological polar surface area (TPSA) is 68.0 Å². The van der Waals surface area contributed by atoms with Gasteiger partial charge in [0.05, 0.1) is 16.9 Å². The number of carboxylic acids is 1. The van der Waals surface area contributed by atoms with Crippen LogP contribution in [0.2, 0.25) is 0 Å². The van der Waals surface area contributed by atoms with E-state index in [-0.39, 0.29) is 31.6 Å². The average molecular weight is 603 g/mol. The van der Waals surface area contributed by atoms with Crippen molar-refractivity contribution in [1.29, 1.82) is 0 Å². The normalized spacial score (nSPS) is 10.0. The van der Waals surface area contributed by atoms with Crippen LogP contribution in [0.15, 0.2) is 97.2 Å². The van der Waals surface area contributed by atoms with Crippen LogP contribution in [0.25, 0.3) is 28.1 Å². The van der Waals surface area contributed by atoms with E-state index < -0.39 is 5.97 Å². The first kappa shape index (κ1) is 23.0. The van der Waals surface area contributed by atoms with Gasteiger partial charge in [-0.25, -0.2) is 9.78 Å². The number of aromatic carboxylic acids is 1. The molecule has 32 heavy (non-hydrogen) atoms. The molecule has 7 heteroatoms. The minimum absolute atomic E-state index is 0. The van der Waals surface area contributed by atoms with Gasteiger partial charge in [0, 0.05) is 37.8 Å². The molecule has 2 heterocycles. The molecule has 0 aliphatic heterocycles. The van der Waals surface area contributed by atoms with Crippen LogP contribution in [0.3, 0.4) is 0 Å². The van der Waals surface area contributed by atoms with E-state index >= 15 is 0 Å². The Morgan fingerprint density at radius 2 is 1.62 bits per heavy atom. The number of nitrogens with zero attached hydrogens (tertiary/aromatic N) is 3. The molecule has 0 bridgehead atoms. The zero-order valence-electron chi connectivity index (χ0n) is 16.6. The van der Waals surface area contributed by atoms with Gasteiger partial charge in [-0.3, -0.25) is 9.37 Å². The van der Waals surface area contributed by atoms with E-state index in [1.807, 2.05) is 59.2 Å². The Kier molecular flexibility index (Phi) is 7.60. The average Bonchev–Trinajstić information content (AvgIpc) is 3.20. The Bertz CT molecular complexity index is 1330. The second-order valence-corrected chi connectivity index (χ2v) is 6.51. The van der Waals surface area contributed by atoms with Crippen molar-refractivity contribution in [3.8, 4) is 17.1 Å². The SMILES string of the molecule is Fc1ccc[c-]c1-c1nc2ccccc2n1-c1ccccc1.O=C(O)c1ccccn1.[Ir]. The largest absolute Gasteiger partial charge is 0.477 e. The van der Waals surface area contributed by atoms with E-state index in [0.29, 0.717) is 11.4 Å². The molecule has 2 aromatic heterocycles. The number of aromatic nitrogens is 3. The molecule has 0 aliphatic carbocycles. The van der Waals surface area contributed by atoms with Crippen LogP contribution in [0.1, 0.15) is 10.5 Å². The molecule has 0 saturated heterocycles. The maximum absolute atomic E-state index is 14.2. The summed E-state index contributed by atoms with van der Waals surface area (Å²) in [4.78, 5) is 18.3. The number of halogens is 1. The first-order valence-corrected chi connectivity index (χ1v) is 9.49. The molecular weight excluding hydrogens is 586 g/mol. The van der Waals surface area contributed by atoms with E-state index in [0.717, 1.165) is 16.7 Å². The Balaban J connectivity index is 0.000000246. The smallest absolute Gasteiger partial charge is 0.354 e. The molecule has 0 spiro atoms. The van der Waals surface area contributed by atoms with Gasteiger partial charge in [-0.1, -0.05) is 42.0 Å². The van der Waals surface area contributed by atoms with Crippen molar-refractivity contribution in [2.75, 3.05) is 0 Å². The molecule has 161 valence electrons. The zero-order valence-corrected chi connectivity index (χ0v) is 19.0. The number of pyridine rings is 1. The van der Waals surface area contributed by atoms with Crippen LogP contribution in [-0.2, 0) is 20.1 Å². The first-order chi connectivity index (χ1) is 15.1. The van der Waals surface area contributed by atoms with Crippen LogP contribution in [-0.4, -0.2) is 25.6 Å². The predicted molar refractivity (Wildman–Crippen MR) is 116 cm³/mol. The fourth-order valence-electron chi connectivity index (χ4n) is 3.11. The number of carbonyl (C=O) groups is 1. The summed E-state index contributed by atoms with van der Waals surface area (Å²) in [5.41, 5.74) is 3.18. The number of rotatable bonds is 3. The van der Waals surface area contributed by atoms with Crippen LogP contribution >= 0.6 is 0 Å². The molecular formula is C25H17FIrN3O2-. The Morgan fingerprint density at radius 3 is 2.28 bits per heavy atom. The first-order valence-electron chi connectivity index (χ1n) is 9.49. The molecule has 0 amide bonds. The van der Waals surface area contributed by atoms with Crippen LogP contribution in [0, 0.1) is 11.9 Å². The molecule has 5 aromatic rings. The van der Waals surface area contributed by atoms with Gasteiger partial charge in [-0.05, 0) is 36.4 Å². The van der Waals surface area contributed by atoms with Gasteiger partial charge >= 0.3 is 5.97 Å². The molecule has 0 aliphatic rings. The molecule has 5 nitrogen and oxygen atoms in total. The van der Waals surface area contributed by atoms with Crippen LogP contribution in [0.5, 0.6) is 0 Å². The molecule has 3 aromatic carbocycles. The van der Waals surface area contributed by atoms with Crippen LogP contribution in [0.4, 0.5) is 4.39 Å². The number of benzene rings is 3. The number of hydrogen-bond acceptors (Lipinski definition) is 3. The molecule has 0 saturated carbocycles. The Labute approximate surface area is 197 Å². The van der Waals surface area contributed by atoms with E-state index in [2.05, 4.69) is 16.0 Å². The molecule has 0 unspecified atom stereocenters. The van der Waals surface area contributed by atoms with Crippen molar-refractivity contribution < 1.29 is 34.4 Å². The summed E-state index contributed by atoms with van der Waals surface area (Å²) in [6, 6.07) is 30.1. The van der Waals surface area contributed by atoms with Gasteiger partial charge in [-0.15, -0.1) is 24.3 Å². The minimum atomic E-state index is -0.990. The maximum Gasteiger partial charge on any atom is 0.354 e. The summed E-state index contributed by atoms with van der Waals surface area (Å²) >= 11 is 0. The third-order valence-corrected chi connectivity index (χ3v) is 4.49. The number of imidazole rings is 1. The Hall–Kier alpha value is -3.67. The summed E-state index contributed by atoms with van der Waals surface area (Å²) in [6.07, 6.45) is 1.45. The third kappa shape index (κ3) is 4.96. The molecule has 0 fully saturated rings. The second kappa shape index (κ2) is 10.6. The Morgan fingerprint density at radius 1 is 0.906 bits per heavy atom. The van der Waals surface area contributed by atoms with Crippen molar-refractivity contribution in [2.24, 2.45) is 0 Å². The van der Waals surface area contributed by atoms with Gasteiger partial charge in [0.15, 0.2) is 0 Å². The molecule has 5 rings (SSSR count). The summed E-state index contributed by atoms with van der Waals surface area (Å²) in [7, 11) is 0. The molecule has 0 atom stereocenters. The number of para-hydroxylation sites is 3. The zero-order chi connectivity index (χ0) is 21.6. The number of fused-ring (bicyclic) bond motifs is 1. The van der Waals surface area contributed by atoms with Crippen molar-refractivity contribution in [3.05, 3.63) is 115 Å². The quantitative estimate of drug-likeness (QED) is 0.281. The van der Waals surface area contributed by atoms with Gasteiger partial charge in [0.1, 0.15) is 5.69 Å². The van der Waals surface area contributed by atoms with Crippen molar-refractivity contribution in [3.63, 3.8) is 0 Å². The fraction of sp³-hybridized carbons (Fsp3) is 0. The van der Waals surface area contributed by atoms with Crippen molar-refractivity contribution >= 4 is 17.0 Å². The van der Waals surface area contributed by atoms with Gasteiger partial charge < -0.3 is 9.67 Å². The minimum Gasteiger partial charge on any atom is -0.477 e. The molecule has 1 radical (unpaired) electrons. The van der Waals surface area contributed by atoms with Gasteiger partial charge in [0.2, 0.25) is 0 Å². The summed E-state index contributed by atoms with van der Waals surface area (Å²) in [5.74, 6) is -0.754. The van der Waals surface area contributed by atoms with Crippen molar-refractivity contribution in [1.82, 2.24) is 14.5 Å². The maximum atomic E-state index is 14.2. The van der Waals surface area contributed by atoms with E-state index in [1.54, 1.807) is 24.3 Å². The standard InChI is InChI=1S/C19H12FN2.C6H5NO2.Ir/c20-16-11-5-4-10-15(16)19-21-17-12-6-7-13-18(17)22(19)14-8-2-1-3-9-14;8-6(9)5-3-1-2-4-7-5;/h1-9,11-13H;1-4H,(H,8,9);/q-1;;. The summed E-state index contributed by atoms with van der Waals surface area (Å²) < 4.78 is 16.2. The monoisotopic (exact) mass is 603 g/mol. The summed E-state index contributed by atoms with van der Waals surface area (Å²) in [5, 5.41) is 8.32. The van der Waals surface area contributed by atoms with Gasteiger partial charge in [0.25, 0.3) is 0 Å². The van der Waals surface area contributed by atoms with E-state index in [1.165, 1.54) is 18.3 Å². The van der Waals surface area contributed by atoms with Gasteiger partial charge in [-0.2, -0.15) is 0 Å². The van der Waals surface area contributed by atoms with Crippen LogP contribution < -0.4 is 0 Å². The predicted octanol–water partition coefficient (Wildman–Crippen LogP) is 5.41. The van der Waals surface area contributed by atoms with E-state index in [4.69, 9.17) is 5.11 Å². The fourth-order valence-corrected chi connectivity index (χ4v) is 3.11. The van der Waals surface area contributed by atoms with Crippen molar-refractivity contribution in [2.45, 2.75) is 0 Å². The third-order valence-electron chi connectivity index (χ3n) is 4.49. The number of carboxylic acid groups (broad SMARTS) is 1. The van der Waals surface area contributed by atoms with E-state index in [9.17, 15) is 9.18 Å². The second-order valence-electron chi connectivity index (χ2n) is 6.51. The summed E-state index contributed by atoms with van der Waals surface area (Å²) in [6.45, 7) is 0. The number of hydrogen-bond donors (Lipinski definition) is 1.